The van der Waals surface area contributed by atoms with Crippen LogP contribution >= 0.6 is 0 Å². The molecule has 1 aliphatic heterocycles. The number of hydrogen-bond acceptors (Lipinski definition) is 4. The van der Waals surface area contributed by atoms with Crippen molar-refractivity contribution in [2.45, 2.75) is 45.1 Å². The Morgan fingerprint density at radius 2 is 2.07 bits per heavy atom. The summed E-state index contributed by atoms with van der Waals surface area (Å²) in [5, 5.41) is 10.4. The van der Waals surface area contributed by atoms with Gasteiger partial charge >= 0.3 is 0 Å². The van der Waals surface area contributed by atoms with Gasteiger partial charge < -0.3 is 15.0 Å². The summed E-state index contributed by atoms with van der Waals surface area (Å²) in [5.41, 5.74) is 1.15. The quantitative estimate of drug-likeness (QED) is 0.569. The first kappa shape index (κ1) is 18.8. The number of piperidine rings is 1. The number of benzene rings is 1. The second-order valence-electron chi connectivity index (χ2n) is 7.66. The van der Waals surface area contributed by atoms with E-state index in [9.17, 15) is 0 Å². The van der Waals surface area contributed by atoms with Gasteiger partial charge in [-0.25, -0.2) is 9.98 Å². The molecule has 1 aromatic carbocycles. The highest BCUT2D eigenvalue weighted by Gasteiger charge is 2.24. The third-order valence-corrected chi connectivity index (χ3v) is 5.49. The predicted molar refractivity (Wildman–Crippen MR) is 109 cm³/mol. The Bertz CT molecular complexity index is 763. The van der Waals surface area contributed by atoms with Crippen LogP contribution in [-0.2, 0) is 6.54 Å². The van der Waals surface area contributed by atoms with E-state index in [2.05, 4.69) is 50.5 Å². The zero-order chi connectivity index (χ0) is 19.2. The minimum Gasteiger partial charge on any atom is -0.493 e. The van der Waals surface area contributed by atoms with Gasteiger partial charge in [0.1, 0.15) is 17.9 Å². The highest BCUT2D eigenvalue weighted by Crippen LogP contribution is 2.30. The summed E-state index contributed by atoms with van der Waals surface area (Å²) < 4.78 is 6.03. The number of para-hydroxylation sites is 1. The van der Waals surface area contributed by atoms with Crippen LogP contribution in [0, 0.1) is 5.92 Å². The fourth-order valence-corrected chi connectivity index (χ4v) is 3.63. The van der Waals surface area contributed by atoms with Gasteiger partial charge in [-0.2, -0.15) is 5.10 Å². The van der Waals surface area contributed by atoms with E-state index in [0.717, 1.165) is 68.1 Å². The monoisotopic (exact) mass is 382 g/mol. The summed E-state index contributed by atoms with van der Waals surface area (Å²) in [7, 11) is 0. The summed E-state index contributed by atoms with van der Waals surface area (Å²) in [6.07, 6.45) is 6.31. The second-order valence-corrected chi connectivity index (χ2v) is 7.66. The molecule has 1 saturated heterocycles. The number of aliphatic imine (C=N–C) groups is 1. The summed E-state index contributed by atoms with van der Waals surface area (Å²) >= 11 is 0. The maximum absolute atomic E-state index is 6.03. The molecule has 1 saturated carbocycles. The molecule has 28 heavy (non-hydrogen) atoms. The largest absolute Gasteiger partial charge is 0.493 e. The zero-order valence-corrected chi connectivity index (χ0v) is 16.6. The lowest BCUT2D eigenvalue weighted by molar-refractivity contribution is 0.295. The molecule has 2 aliphatic rings. The fourth-order valence-electron chi connectivity index (χ4n) is 3.63. The van der Waals surface area contributed by atoms with Crippen molar-refractivity contribution >= 4 is 5.96 Å². The highest BCUT2D eigenvalue weighted by atomic mass is 16.5. The molecule has 2 N–H and O–H groups in total. The number of nitrogens with zero attached hydrogens (tertiary/aromatic N) is 4. The van der Waals surface area contributed by atoms with E-state index < -0.39 is 0 Å². The third-order valence-electron chi connectivity index (χ3n) is 5.49. The van der Waals surface area contributed by atoms with E-state index in [1.807, 2.05) is 6.07 Å². The number of guanidine groups is 1. The summed E-state index contributed by atoms with van der Waals surface area (Å²) in [5.74, 6) is 4.16. The van der Waals surface area contributed by atoms with Gasteiger partial charge in [-0.05, 0) is 44.6 Å². The highest BCUT2D eigenvalue weighted by molar-refractivity contribution is 5.80. The number of H-pyrrole nitrogens is 1. The number of rotatable bonds is 7. The van der Waals surface area contributed by atoms with Crippen LogP contribution in [-0.4, -0.2) is 52.3 Å². The predicted octanol–water partition coefficient (Wildman–Crippen LogP) is 2.94. The normalized spacial score (nSPS) is 18.3. The van der Waals surface area contributed by atoms with Crippen molar-refractivity contribution in [2.24, 2.45) is 10.9 Å². The molecule has 0 bridgehead atoms. The molecule has 4 rings (SSSR count). The summed E-state index contributed by atoms with van der Waals surface area (Å²) in [6, 6.07) is 8.27. The summed E-state index contributed by atoms with van der Waals surface area (Å²) in [4.78, 5) is 11.6. The first-order valence-corrected chi connectivity index (χ1v) is 10.4. The molecule has 7 nitrogen and oxygen atoms in total. The molecule has 2 heterocycles. The van der Waals surface area contributed by atoms with Crippen LogP contribution in [0.3, 0.4) is 0 Å². The minimum absolute atomic E-state index is 0.457. The molecule has 2 aromatic rings. The first-order chi connectivity index (χ1) is 13.8. The van der Waals surface area contributed by atoms with Crippen LogP contribution in [0.2, 0.25) is 0 Å². The molecule has 1 aromatic heterocycles. The number of aromatic nitrogens is 3. The Balaban J connectivity index is 1.38. The van der Waals surface area contributed by atoms with Crippen molar-refractivity contribution in [2.75, 3.05) is 26.2 Å². The lowest BCUT2D eigenvalue weighted by Crippen LogP contribution is -2.45. The number of ether oxygens (including phenoxy) is 1. The average molecular weight is 383 g/mol. The van der Waals surface area contributed by atoms with Gasteiger partial charge in [0.15, 0.2) is 5.96 Å². The van der Waals surface area contributed by atoms with Crippen molar-refractivity contribution in [3.05, 3.63) is 42.0 Å². The van der Waals surface area contributed by atoms with Crippen molar-refractivity contribution in [3.8, 4) is 5.75 Å². The van der Waals surface area contributed by atoms with Gasteiger partial charge in [-0.15, -0.1) is 0 Å². The number of nitrogens with one attached hydrogen (secondary N) is 2. The molecular weight excluding hydrogens is 352 g/mol. The zero-order valence-electron chi connectivity index (χ0n) is 16.6. The van der Waals surface area contributed by atoms with Crippen molar-refractivity contribution < 1.29 is 4.74 Å². The molecule has 0 radical (unpaired) electrons. The first-order valence-electron chi connectivity index (χ1n) is 10.4. The van der Waals surface area contributed by atoms with Gasteiger partial charge in [-0.1, -0.05) is 18.2 Å². The maximum atomic E-state index is 6.03. The Morgan fingerprint density at radius 1 is 1.25 bits per heavy atom. The van der Waals surface area contributed by atoms with Crippen molar-refractivity contribution in [1.29, 1.82) is 0 Å². The molecule has 0 spiro atoms. The third kappa shape index (κ3) is 4.82. The van der Waals surface area contributed by atoms with E-state index in [1.165, 1.54) is 12.8 Å². The van der Waals surface area contributed by atoms with E-state index >= 15 is 0 Å². The number of hydrogen-bond donors (Lipinski definition) is 2. The van der Waals surface area contributed by atoms with Crippen LogP contribution in [0.1, 0.15) is 49.9 Å². The van der Waals surface area contributed by atoms with Crippen LogP contribution in [0.15, 0.2) is 35.6 Å². The molecule has 1 aliphatic carbocycles. The van der Waals surface area contributed by atoms with Gasteiger partial charge in [0.25, 0.3) is 0 Å². The molecule has 2 fully saturated rings. The van der Waals surface area contributed by atoms with Gasteiger partial charge in [0.2, 0.25) is 0 Å². The van der Waals surface area contributed by atoms with Crippen molar-refractivity contribution in [3.63, 3.8) is 0 Å². The molecule has 150 valence electrons. The number of likely N-dealkylation sites (tertiary alicyclic amines) is 1. The van der Waals surface area contributed by atoms with Gasteiger partial charge in [0, 0.05) is 31.1 Å². The number of aromatic amines is 1. The molecule has 7 heteroatoms. The van der Waals surface area contributed by atoms with Crippen LogP contribution in [0.25, 0.3) is 0 Å². The second kappa shape index (κ2) is 9.08. The average Bonchev–Trinajstić information content (AvgIpc) is 3.41. The fraction of sp³-hybridized carbons (Fsp3) is 0.571. The smallest absolute Gasteiger partial charge is 0.194 e. The Hall–Kier alpha value is -2.57. The Morgan fingerprint density at radius 3 is 2.79 bits per heavy atom. The van der Waals surface area contributed by atoms with Gasteiger partial charge in [-0.3, -0.25) is 5.10 Å². The van der Waals surface area contributed by atoms with Crippen LogP contribution < -0.4 is 10.1 Å². The van der Waals surface area contributed by atoms with E-state index in [-0.39, 0.29) is 0 Å². The summed E-state index contributed by atoms with van der Waals surface area (Å²) in [6.45, 7) is 6.37. The topological polar surface area (TPSA) is 78.4 Å². The van der Waals surface area contributed by atoms with E-state index in [4.69, 9.17) is 9.73 Å². The van der Waals surface area contributed by atoms with Crippen molar-refractivity contribution in [1.82, 2.24) is 25.4 Å². The standard InChI is InChI=1S/C21H30N6O/c1-2-22-21(27-11-9-17(10-12-27)20-24-15-25-26-20)23-13-18-5-3-4-6-19(18)28-14-16-7-8-16/h3-6,15-17H,2,7-14H2,1H3,(H,22,23)(H,24,25,26). The SMILES string of the molecule is CCNC(=NCc1ccccc1OCC1CC1)N1CCC(c2ncn[nH]2)CC1. The molecular formula is C21H30N6O. The lowest BCUT2D eigenvalue weighted by atomic mass is 9.96. The molecule has 0 amide bonds. The van der Waals surface area contributed by atoms with E-state index in [1.54, 1.807) is 6.33 Å². The Kier molecular flexibility index (Phi) is 6.09. The molecule has 0 unspecified atom stereocenters. The maximum Gasteiger partial charge on any atom is 0.194 e. The van der Waals surface area contributed by atoms with Crippen LogP contribution in [0.5, 0.6) is 5.75 Å². The minimum atomic E-state index is 0.457. The van der Waals surface area contributed by atoms with Crippen LogP contribution in [0.4, 0.5) is 0 Å². The lowest BCUT2D eigenvalue weighted by Gasteiger charge is -2.33. The molecule has 0 atom stereocenters. The van der Waals surface area contributed by atoms with E-state index in [0.29, 0.717) is 12.5 Å². The Labute approximate surface area is 166 Å². The van der Waals surface area contributed by atoms with Gasteiger partial charge in [0.05, 0.1) is 13.2 Å².